The van der Waals surface area contributed by atoms with Crippen LogP contribution in [-0.2, 0) is 6.42 Å². The van der Waals surface area contributed by atoms with Crippen LogP contribution in [0.3, 0.4) is 0 Å². The minimum atomic E-state index is -0.0482. The highest BCUT2D eigenvalue weighted by Crippen LogP contribution is 2.13. The molecule has 3 nitrogen and oxygen atoms in total. The number of nitrogens with one attached hydrogen (secondary N) is 1. The molecular weight excluding hydrogens is 260 g/mol. The Balaban J connectivity index is 1.87. The highest BCUT2D eigenvalue weighted by Gasteiger charge is 2.10. The molecule has 21 heavy (non-hydrogen) atoms. The second-order valence-corrected chi connectivity index (χ2v) is 5.07. The monoisotopic (exact) mass is 282 g/mol. The number of hydrogen-bond acceptors (Lipinski definition) is 2. The Kier molecular flexibility index (Phi) is 5.52. The van der Waals surface area contributed by atoms with Gasteiger partial charge in [0.1, 0.15) is 0 Å². The van der Waals surface area contributed by atoms with Crippen LogP contribution in [0.2, 0.25) is 0 Å². The first kappa shape index (κ1) is 15.3. The maximum Gasteiger partial charge on any atom is 0.251 e. The highest BCUT2D eigenvalue weighted by atomic mass is 16.1. The predicted octanol–water partition coefficient (Wildman–Crippen LogP) is 3.07. The molecule has 2 rings (SSSR count). The largest absolute Gasteiger partial charge is 0.352 e. The van der Waals surface area contributed by atoms with Crippen LogP contribution in [0.4, 0.5) is 0 Å². The SMILES string of the molecule is CCc1ccccc1C(=O)NCCC(N)c1ccccc1. The van der Waals surface area contributed by atoms with E-state index in [9.17, 15) is 4.79 Å². The Labute approximate surface area is 126 Å². The van der Waals surface area contributed by atoms with E-state index in [1.807, 2.05) is 54.6 Å². The van der Waals surface area contributed by atoms with Crippen molar-refractivity contribution < 1.29 is 4.79 Å². The van der Waals surface area contributed by atoms with Crippen molar-refractivity contribution in [1.29, 1.82) is 0 Å². The molecule has 3 heteroatoms. The molecule has 3 N–H and O–H groups in total. The van der Waals surface area contributed by atoms with Crippen molar-refractivity contribution in [2.75, 3.05) is 6.54 Å². The maximum atomic E-state index is 12.2. The second kappa shape index (κ2) is 7.60. The first-order valence-electron chi connectivity index (χ1n) is 7.39. The van der Waals surface area contributed by atoms with Gasteiger partial charge < -0.3 is 11.1 Å². The van der Waals surface area contributed by atoms with E-state index >= 15 is 0 Å². The fourth-order valence-electron chi connectivity index (χ4n) is 2.35. The number of aryl methyl sites for hydroxylation is 1. The van der Waals surface area contributed by atoms with Crippen molar-refractivity contribution >= 4 is 5.91 Å². The molecule has 2 aromatic carbocycles. The minimum absolute atomic E-state index is 0.0206. The summed E-state index contributed by atoms with van der Waals surface area (Å²) in [5.41, 5.74) is 9.05. The molecule has 0 fully saturated rings. The molecule has 0 aromatic heterocycles. The van der Waals surface area contributed by atoms with Gasteiger partial charge in [0.25, 0.3) is 5.91 Å². The summed E-state index contributed by atoms with van der Waals surface area (Å²) in [5.74, 6) is -0.0206. The van der Waals surface area contributed by atoms with Crippen LogP contribution in [0.5, 0.6) is 0 Å². The lowest BCUT2D eigenvalue weighted by Crippen LogP contribution is -2.28. The third-order valence-corrected chi connectivity index (χ3v) is 3.61. The Morgan fingerprint density at radius 3 is 2.48 bits per heavy atom. The number of carbonyl (C=O) groups is 1. The molecular formula is C18H22N2O. The Hall–Kier alpha value is -2.13. The third kappa shape index (κ3) is 4.17. The van der Waals surface area contributed by atoms with Crippen LogP contribution in [0.1, 0.15) is 40.9 Å². The summed E-state index contributed by atoms with van der Waals surface area (Å²) in [6.45, 7) is 2.63. The van der Waals surface area contributed by atoms with Gasteiger partial charge in [-0.25, -0.2) is 0 Å². The van der Waals surface area contributed by atoms with Crippen molar-refractivity contribution in [2.24, 2.45) is 5.73 Å². The van der Waals surface area contributed by atoms with Crippen LogP contribution in [0.15, 0.2) is 54.6 Å². The lowest BCUT2D eigenvalue weighted by Gasteiger charge is -2.13. The molecule has 1 atom stereocenters. The van der Waals surface area contributed by atoms with E-state index in [0.29, 0.717) is 6.54 Å². The molecule has 0 saturated heterocycles. The summed E-state index contributed by atoms with van der Waals surface area (Å²) in [6, 6.07) is 17.6. The number of benzene rings is 2. The van der Waals surface area contributed by atoms with E-state index in [2.05, 4.69) is 12.2 Å². The molecule has 0 spiro atoms. The highest BCUT2D eigenvalue weighted by molar-refractivity contribution is 5.95. The molecule has 0 saturated carbocycles. The summed E-state index contributed by atoms with van der Waals surface area (Å²) in [6.07, 6.45) is 1.58. The molecule has 1 amide bonds. The predicted molar refractivity (Wildman–Crippen MR) is 86.1 cm³/mol. The van der Waals surface area contributed by atoms with E-state index in [1.54, 1.807) is 0 Å². The van der Waals surface area contributed by atoms with Gasteiger partial charge in [-0.15, -0.1) is 0 Å². The second-order valence-electron chi connectivity index (χ2n) is 5.07. The Morgan fingerprint density at radius 2 is 1.76 bits per heavy atom. The molecule has 0 aliphatic rings. The van der Waals surface area contributed by atoms with Crippen molar-refractivity contribution in [1.82, 2.24) is 5.32 Å². The van der Waals surface area contributed by atoms with Gasteiger partial charge in [-0.3, -0.25) is 4.79 Å². The lowest BCUT2D eigenvalue weighted by molar-refractivity contribution is 0.0951. The standard InChI is InChI=1S/C18H22N2O/c1-2-14-8-6-7-11-16(14)18(21)20-13-12-17(19)15-9-4-3-5-10-15/h3-11,17H,2,12-13,19H2,1H3,(H,20,21). The number of rotatable bonds is 6. The van der Waals surface area contributed by atoms with Gasteiger partial charge in [0.2, 0.25) is 0 Å². The topological polar surface area (TPSA) is 55.1 Å². The summed E-state index contributed by atoms with van der Waals surface area (Å²) in [7, 11) is 0. The molecule has 2 aromatic rings. The zero-order chi connectivity index (χ0) is 15.1. The number of hydrogen-bond donors (Lipinski definition) is 2. The van der Waals surface area contributed by atoms with E-state index < -0.39 is 0 Å². The molecule has 0 heterocycles. The van der Waals surface area contributed by atoms with Gasteiger partial charge in [0.15, 0.2) is 0 Å². The Morgan fingerprint density at radius 1 is 1.10 bits per heavy atom. The summed E-state index contributed by atoms with van der Waals surface area (Å²) < 4.78 is 0. The fraction of sp³-hybridized carbons (Fsp3) is 0.278. The number of carbonyl (C=O) groups excluding carboxylic acids is 1. The quantitative estimate of drug-likeness (QED) is 0.855. The van der Waals surface area contributed by atoms with Crippen molar-refractivity contribution in [3.05, 3.63) is 71.3 Å². The number of nitrogens with two attached hydrogens (primary N) is 1. The van der Waals surface area contributed by atoms with Crippen LogP contribution in [0.25, 0.3) is 0 Å². The first-order valence-corrected chi connectivity index (χ1v) is 7.39. The Bertz CT molecular complexity index is 581. The van der Waals surface area contributed by atoms with Crippen molar-refractivity contribution in [3.8, 4) is 0 Å². The summed E-state index contributed by atoms with van der Waals surface area (Å²) in [5, 5.41) is 2.96. The van der Waals surface area contributed by atoms with Gasteiger partial charge in [0.05, 0.1) is 0 Å². The zero-order valence-electron chi connectivity index (χ0n) is 12.4. The van der Waals surface area contributed by atoms with E-state index in [4.69, 9.17) is 5.73 Å². The maximum absolute atomic E-state index is 12.2. The molecule has 0 radical (unpaired) electrons. The third-order valence-electron chi connectivity index (χ3n) is 3.61. The molecule has 110 valence electrons. The van der Waals surface area contributed by atoms with Gasteiger partial charge in [-0.05, 0) is 30.0 Å². The lowest BCUT2D eigenvalue weighted by atomic mass is 10.0. The van der Waals surface area contributed by atoms with E-state index in [0.717, 1.165) is 29.5 Å². The van der Waals surface area contributed by atoms with E-state index in [1.165, 1.54) is 0 Å². The normalized spacial score (nSPS) is 11.9. The molecule has 0 aliphatic heterocycles. The smallest absolute Gasteiger partial charge is 0.251 e. The van der Waals surface area contributed by atoms with Crippen LogP contribution in [0, 0.1) is 0 Å². The molecule has 1 unspecified atom stereocenters. The fourth-order valence-corrected chi connectivity index (χ4v) is 2.35. The van der Waals surface area contributed by atoms with Crippen molar-refractivity contribution in [2.45, 2.75) is 25.8 Å². The molecule has 0 aliphatic carbocycles. The van der Waals surface area contributed by atoms with Gasteiger partial charge >= 0.3 is 0 Å². The van der Waals surface area contributed by atoms with E-state index in [-0.39, 0.29) is 11.9 Å². The van der Waals surface area contributed by atoms with Crippen LogP contribution >= 0.6 is 0 Å². The average molecular weight is 282 g/mol. The van der Waals surface area contributed by atoms with Crippen LogP contribution < -0.4 is 11.1 Å². The minimum Gasteiger partial charge on any atom is -0.352 e. The summed E-state index contributed by atoms with van der Waals surface area (Å²) >= 11 is 0. The van der Waals surface area contributed by atoms with Crippen LogP contribution in [-0.4, -0.2) is 12.5 Å². The number of amides is 1. The molecule has 0 bridgehead atoms. The zero-order valence-corrected chi connectivity index (χ0v) is 12.4. The van der Waals surface area contributed by atoms with Gasteiger partial charge in [-0.1, -0.05) is 55.5 Å². The van der Waals surface area contributed by atoms with Gasteiger partial charge in [-0.2, -0.15) is 0 Å². The van der Waals surface area contributed by atoms with Crippen molar-refractivity contribution in [3.63, 3.8) is 0 Å². The van der Waals surface area contributed by atoms with Gasteiger partial charge in [0, 0.05) is 18.2 Å². The summed E-state index contributed by atoms with van der Waals surface area (Å²) in [4.78, 5) is 12.2. The first-order chi connectivity index (χ1) is 10.2. The average Bonchev–Trinajstić information content (AvgIpc) is 2.55.